The summed E-state index contributed by atoms with van der Waals surface area (Å²) in [5.41, 5.74) is 1.00. The number of aryl methyl sites for hydroxylation is 1. The molecular formula is C11H19N3. The summed E-state index contributed by atoms with van der Waals surface area (Å²) in [5, 5.41) is 3.30. The second kappa shape index (κ2) is 5.58. The SMILES string of the molecule is CCCCC(C)Nc1nccc(C)n1. The Morgan fingerprint density at radius 1 is 1.50 bits per heavy atom. The van der Waals surface area contributed by atoms with E-state index in [1.165, 1.54) is 19.3 Å². The molecule has 0 spiro atoms. The van der Waals surface area contributed by atoms with Crippen molar-refractivity contribution in [1.82, 2.24) is 9.97 Å². The fourth-order valence-corrected chi connectivity index (χ4v) is 1.32. The molecule has 1 aromatic heterocycles. The minimum Gasteiger partial charge on any atom is -0.352 e. The summed E-state index contributed by atoms with van der Waals surface area (Å²) >= 11 is 0. The minimum absolute atomic E-state index is 0.455. The Bertz CT molecular complexity index is 273. The predicted molar refractivity (Wildman–Crippen MR) is 59.4 cm³/mol. The van der Waals surface area contributed by atoms with Crippen LogP contribution in [0.5, 0.6) is 0 Å². The molecule has 0 saturated carbocycles. The normalized spacial score (nSPS) is 12.5. The van der Waals surface area contributed by atoms with Crippen LogP contribution in [-0.2, 0) is 0 Å². The molecule has 3 heteroatoms. The van der Waals surface area contributed by atoms with Crippen molar-refractivity contribution in [2.75, 3.05) is 5.32 Å². The third-order valence-electron chi connectivity index (χ3n) is 2.16. The third kappa shape index (κ3) is 3.73. The molecule has 0 aliphatic carbocycles. The molecule has 0 saturated heterocycles. The third-order valence-corrected chi connectivity index (χ3v) is 2.16. The Morgan fingerprint density at radius 3 is 2.93 bits per heavy atom. The number of nitrogens with zero attached hydrogens (tertiary/aromatic N) is 2. The lowest BCUT2D eigenvalue weighted by Gasteiger charge is -2.12. The zero-order chi connectivity index (χ0) is 10.4. The first-order chi connectivity index (χ1) is 6.72. The lowest BCUT2D eigenvalue weighted by atomic mass is 10.1. The van der Waals surface area contributed by atoms with Crippen molar-refractivity contribution in [2.45, 2.75) is 46.1 Å². The standard InChI is InChI=1S/C11H19N3/c1-4-5-6-9(2)13-11-12-8-7-10(3)14-11/h7-9H,4-6H2,1-3H3,(H,12,13,14). The van der Waals surface area contributed by atoms with Gasteiger partial charge >= 0.3 is 0 Å². The van der Waals surface area contributed by atoms with Crippen molar-refractivity contribution in [2.24, 2.45) is 0 Å². The van der Waals surface area contributed by atoms with Crippen LogP contribution in [0.1, 0.15) is 38.8 Å². The molecule has 1 atom stereocenters. The van der Waals surface area contributed by atoms with Crippen LogP contribution >= 0.6 is 0 Å². The summed E-state index contributed by atoms with van der Waals surface area (Å²) in [6, 6.07) is 2.36. The van der Waals surface area contributed by atoms with Crippen LogP contribution in [0.3, 0.4) is 0 Å². The van der Waals surface area contributed by atoms with E-state index in [1.807, 2.05) is 13.0 Å². The van der Waals surface area contributed by atoms with E-state index in [0.717, 1.165) is 11.6 Å². The molecular weight excluding hydrogens is 174 g/mol. The van der Waals surface area contributed by atoms with E-state index in [0.29, 0.717) is 6.04 Å². The first-order valence-corrected chi connectivity index (χ1v) is 5.28. The minimum atomic E-state index is 0.455. The average molecular weight is 193 g/mol. The lowest BCUT2D eigenvalue weighted by molar-refractivity contribution is 0.640. The summed E-state index contributed by atoms with van der Waals surface area (Å²) in [6.07, 6.45) is 5.45. The van der Waals surface area contributed by atoms with Crippen LogP contribution in [0, 0.1) is 6.92 Å². The van der Waals surface area contributed by atoms with E-state index in [4.69, 9.17) is 0 Å². The van der Waals surface area contributed by atoms with Gasteiger partial charge in [0.25, 0.3) is 0 Å². The maximum Gasteiger partial charge on any atom is 0.223 e. The lowest BCUT2D eigenvalue weighted by Crippen LogP contribution is -2.16. The van der Waals surface area contributed by atoms with Crippen LogP contribution in [0.2, 0.25) is 0 Å². The second-order valence-electron chi connectivity index (χ2n) is 3.71. The highest BCUT2D eigenvalue weighted by Crippen LogP contribution is 2.06. The van der Waals surface area contributed by atoms with E-state index in [9.17, 15) is 0 Å². The molecule has 0 amide bonds. The maximum atomic E-state index is 4.30. The van der Waals surface area contributed by atoms with E-state index in [1.54, 1.807) is 6.20 Å². The largest absolute Gasteiger partial charge is 0.352 e. The van der Waals surface area contributed by atoms with Crippen LogP contribution < -0.4 is 5.32 Å². The van der Waals surface area contributed by atoms with E-state index >= 15 is 0 Å². The van der Waals surface area contributed by atoms with Gasteiger partial charge in [-0.15, -0.1) is 0 Å². The Morgan fingerprint density at radius 2 is 2.29 bits per heavy atom. The highest BCUT2D eigenvalue weighted by molar-refractivity contribution is 5.25. The van der Waals surface area contributed by atoms with Gasteiger partial charge in [0.15, 0.2) is 0 Å². The Kier molecular flexibility index (Phi) is 4.36. The molecule has 3 nitrogen and oxygen atoms in total. The van der Waals surface area contributed by atoms with Crippen molar-refractivity contribution in [3.05, 3.63) is 18.0 Å². The van der Waals surface area contributed by atoms with Gasteiger partial charge in [0.2, 0.25) is 5.95 Å². The molecule has 0 fully saturated rings. The number of aromatic nitrogens is 2. The number of unbranched alkanes of at least 4 members (excludes halogenated alkanes) is 1. The Hall–Kier alpha value is -1.12. The highest BCUT2D eigenvalue weighted by Gasteiger charge is 2.02. The highest BCUT2D eigenvalue weighted by atomic mass is 15.1. The molecule has 1 N–H and O–H groups in total. The zero-order valence-corrected chi connectivity index (χ0v) is 9.25. The number of hydrogen-bond acceptors (Lipinski definition) is 3. The van der Waals surface area contributed by atoms with Crippen molar-refractivity contribution >= 4 is 5.95 Å². The zero-order valence-electron chi connectivity index (χ0n) is 9.25. The molecule has 1 aromatic rings. The molecule has 0 aliphatic heterocycles. The monoisotopic (exact) mass is 193 g/mol. The van der Waals surface area contributed by atoms with Crippen LogP contribution in [0.4, 0.5) is 5.95 Å². The van der Waals surface area contributed by atoms with Crippen molar-refractivity contribution in [3.8, 4) is 0 Å². The number of hydrogen-bond donors (Lipinski definition) is 1. The molecule has 14 heavy (non-hydrogen) atoms. The van der Waals surface area contributed by atoms with Gasteiger partial charge in [-0.1, -0.05) is 19.8 Å². The van der Waals surface area contributed by atoms with E-state index < -0.39 is 0 Å². The summed E-state index contributed by atoms with van der Waals surface area (Å²) in [7, 11) is 0. The Labute approximate surface area is 86.0 Å². The van der Waals surface area contributed by atoms with Crippen molar-refractivity contribution < 1.29 is 0 Å². The van der Waals surface area contributed by atoms with Crippen molar-refractivity contribution in [1.29, 1.82) is 0 Å². The number of nitrogens with one attached hydrogen (secondary N) is 1. The molecule has 1 rings (SSSR count). The predicted octanol–water partition coefficient (Wildman–Crippen LogP) is 2.78. The van der Waals surface area contributed by atoms with Gasteiger partial charge in [-0.2, -0.15) is 0 Å². The van der Waals surface area contributed by atoms with Crippen LogP contribution in [0.25, 0.3) is 0 Å². The van der Waals surface area contributed by atoms with Gasteiger partial charge in [-0.25, -0.2) is 9.97 Å². The first-order valence-electron chi connectivity index (χ1n) is 5.28. The number of anilines is 1. The van der Waals surface area contributed by atoms with Gasteiger partial charge in [0, 0.05) is 17.9 Å². The van der Waals surface area contributed by atoms with Crippen molar-refractivity contribution in [3.63, 3.8) is 0 Å². The summed E-state index contributed by atoms with van der Waals surface area (Å²) in [6.45, 7) is 6.35. The second-order valence-corrected chi connectivity index (χ2v) is 3.71. The van der Waals surface area contributed by atoms with Gasteiger partial charge in [0.05, 0.1) is 0 Å². The molecule has 78 valence electrons. The topological polar surface area (TPSA) is 37.8 Å². The smallest absolute Gasteiger partial charge is 0.223 e. The van der Waals surface area contributed by atoms with Crippen LogP contribution in [-0.4, -0.2) is 16.0 Å². The quantitative estimate of drug-likeness (QED) is 0.781. The van der Waals surface area contributed by atoms with Gasteiger partial charge in [-0.3, -0.25) is 0 Å². The summed E-state index contributed by atoms with van der Waals surface area (Å²) in [5.74, 6) is 0.744. The molecule has 1 unspecified atom stereocenters. The first kappa shape index (κ1) is 11.0. The van der Waals surface area contributed by atoms with E-state index in [2.05, 4.69) is 29.1 Å². The molecule has 0 aliphatic rings. The average Bonchev–Trinajstić information content (AvgIpc) is 2.15. The summed E-state index contributed by atoms with van der Waals surface area (Å²) < 4.78 is 0. The van der Waals surface area contributed by atoms with Gasteiger partial charge < -0.3 is 5.32 Å². The number of rotatable bonds is 5. The fraction of sp³-hybridized carbons (Fsp3) is 0.636. The molecule has 0 aromatic carbocycles. The fourth-order valence-electron chi connectivity index (χ4n) is 1.32. The summed E-state index contributed by atoms with van der Waals surface area (Å²) in [4.78, 5) is 8.46. The van der Waals surface area contributed by atoms with Crippen LogP contribution in [0.15, 0.2) is 12.3 Å². The molecule has 1 heterocycles. The maximum absolute atomic E-state index is 4.30. The van der Waals surface area contributed by atoms with E-state index in [-0.39, 0.29) is 0 Å². The van der Waals surface area contributed by atoms with Gasteiger partial charge in [0.1, 0.15) is 0 Å². The molecule has 0 bridgehead atoms. The van der Waals surface area contributed by atoms with Gasteiger partial charge in [-0.05, 0) is 26.3 Å². The molecule has 0 radical (unpaired) electrons. The Balaban J connectivity index is 2.43.